The summed E-state index contributed by atoms with van der Waals surface area (Å²) in [4.78, 5) is 21.1. The van der Waals surface area contributed by atoms with Gasteiger partial charge >= 0.3 is 0 Å². The molecule has 0 saturated heterocycles. The fourth-order valence-corrected chi connectivity index (χ4v) is 5.31. The van der Waals surface area contributed by atoms with Gasteiger partial charge in [-0.1, -0.05) is 25.1 Å². The second kappa shape index (κ2) is 11.5. The van der Waals surface area contributed by atoms with Crippen molar-refractivity contribution in [3.63, 3.8) is 0 Å². The highest BCUT2D eigenvalue weighted by molar-refractivity contribution is 7.09. The lowest BCUT2D eigenvalue weighted by atomic mass is 10.1. The molecule has 0 atom stereocenters. The standard InChI is InChI=1S/C28H35N3O2S/c1-4-16-29(21-23-11-9-19-34-23)17-10-18-31-24-12-7-8-13-26(24)33-27-20-22(14-15-25(27)31)28(32)30(5-2)6-3/h7-9,11-15,19-20H,4-6,10,16-18,21H2,1-3H3. The van der Waals surface area contributed by atoms with E-state index < -0.39 is 0 Å². The van der Waals surface area contributed by atoms with Gasteiger partial charge in [0.2, 0.25) is 0 Å². The number of nitrogens with zero attached hydrogens (tertiary/aromatic N) is 3. The average Bonchev–Trinajstić information content (AvgIpc) is 3.37. The molecule has 4 rings (SSSR count). The zero-order valence-corrected chi connectivity index (χ0v) is 21.3. The van der Waals surface area contributed by atoms with Crippen LogP contribution in [-0.4, -0.2) is 48.4 Å². The molecule has 0 unspecified atom stereocenters. The number of hydrogen-bond acceptors (Lipinski definition) is 5. The molecule has 1 aliphatic rings. The van der Waals surface area contributed by atoms with Crippen LogP contribution in [-0.2, 0) is 6.54 Å². The minimum Gasteiger partial charge on any atom is -0.453 e. The number of amides is 1. The van der Waals surface area contributed by atoms with Crippen molar-refractivity contribution >= 4 is 28.6 Å². The second-order valence-corrected chi connectivity index (χ2v) is 9.62. The minimum atomic E-state index is 0.0468. The van der Waals surface area contributed by atoms with Crippen LogP contribution in [0.5, 0.6) is 11.5 Å². The Bertz CT molecular complexity index is 1080. The van der Waals surface area contributed by atoms with Crippen LogP contribution < -0.4 is 9.64 Å². The third kappa shape index (κ3) is 5.45. The van der Waals surface area contributed by atoms with E-state index in [0.717, 1.165) is 61.9 Å². The molecule has 0 bridgehead atoms. The van der Waals surface area contributed by atoms with Gasteiger partial charge in [0.15, 0.2) is 11.5 Å². The summed E-state index contributed by atoms with van der Waals surface area (Å²) in [6, 6.07) is 18.4. The van der Waals surface area contributed by atoms with Crippen LogP contribution in [0.4, 0.5) is 11.4 Å². The predicted octanol–water partition coefficient (Wildman–Crippen LogP) is 6.78. The Labute approximate surface area is 207 Å². The summed E-state index contributed by atoms with van der Waals surface area (Å²) in [5, 5.41) is 2.15. The van der Waals surface area contributed by atoms with Gasteiger partial charge in [0.05, 0.1) is 11.4 Å². The topological polar surface area (TPSA) is 36.0 Å². The summed E-state index contributed by atoms with van der Waals surface area (Å²) in [7, 11) is 0. The quantitative estimate of drug-likeness (QED) is 0.305. The van der Waals surface area contributed by atoms with Crippen molar-refractivity contribution < 1.29 is 9.53 Å². The molecule has 1 aromatic heterocycles. The van der Waals surface area contributed by atoms with E-state index in [4.69, 9.17) is 4.74 Å². The van der Waals surface area contributed by atoms with E-state index in [0.29, 0.717) is 18.7 Å². The monoisotopic (exact) mass is 477 g/mol. The van der Waals surface area contributed by atoms with Crippen LogP contribution in [0.1, 0.15) is 48.8 Å². The van der Waals surface area contributed by atoms with E-state index >= 15 is 0 Å². The number of rotatable bonds is 11. The van der Waals surface area contributed by atoms with Crippen LogP contribution in [0.15, 0.2) is 60.0 Å². The molecule has 0 N–H and O–H groups in total. The van der Waals surface area contributed by atoms with Gasteiger partial charge in [-0.05, 0) is 75.0 Å². The zero-order chi connectivity index (χ0) is 23.9. The Kier molecular flexibility index (Phi) is 8.25. The third-order valence-corrected chi connectivity index (χ3v) is 7.14. The van der Waals surface area contributed by atoms with Crippen molar-refractivity contribution in [2.24, 2.45) is 0 Å². The first kappa shape index (κ1) is 24.3. The highest BCUT2D eigenvalue weighted by Gasteiger charge is 2.26. The molecule has 2 heterocycles. The number of ether oxygens (including phenoxy) is 1. The Morgan fingerprint density at radius 3 is 2.47 bits per heavy atom. The Morgan fingerprint density at radius 2 is 1.74 bits per heavy atom. The lowest BCUT2D eigenvalue weighted by Crippen LogP contribution is -2.31. The van der Waals surface area contributed by atoms with E-state index in [-0.39, 0.29) is 5.91 Å². The molecule has 0 radical (unpaired) electrons. The first-order valence-electron chi connectivity index (χ1n) is 12.4. The van der Waals surface area contributed by atoms with Crippen LogP contribution in [0.2, 0.25) is 0 Å². The van der Waals surface area contributed by atoms with Gasteiger partial charge in [-0.25, -0.2) is 0 Å². The number of fused-ring (bicyclic) bond motifs is 2. The van der Waals surface area contributed by atoms with Crippen molar-refractivity contribution in [1.29, 1.82) is 0 Å². The first-order valence-corrected chi connectivity index (χ1v) is 13.2. The highest BCUT2D eigenvalue weighted by Crippen LogP contribution is 2.46. The first-order chi connectivity index (χ1) is 16.6. The molecule has 0 saturated carbocycles. The van der Waals surface area contributed by atoms with E-state index in [9.17, 15) is 4.79 Å². The molecule has 5 nitrogen and oxygen atoms in total. The summed E-state index contributed by atoms with van der Waals surface area (Å²) in [5.74, 6) is 1.64. The molecule has 1 aliphatic heterocycles. The van der Waals surface area contributed by atoms with E-state index in [1.807, 2.05) is 60.4 Å². The number of carbonyl (C=O) groups is 1. The number of anilines is 2. The van der Waals surface area contributed by atoms with Crippen molar-refractivity contribution in [1.82, 2.24) is 9.80 Å². The van der Waals surface area contributed by atoms with Crippen LogP contribution in [0, 0.1) is 0 Å². The number of carbonyl (C=O) groups excluding carboxylic acids is 1. The third-order valence-electron chi connectivity index (χ3n) is 6.28. The van der Waals surface area contributed by atoms with E-state index in [2.05, 4.69) is 46.4 Å². The van der Waals surface area contributed by atoms with Gasteiger partial charge < -0.3 is 14.5 Å². The van der Waals surface area contributed by atoms with Crippen LogP contribution in [0.25, 0.3) is 0 Å². The lowest BCUT2D eigenvalue weighted by Gasteiger charge is -2.34. The van der Waals surface area contributed by atoms with E-state index in [1.54, 1.807) is 0 Å². The highest BCUT2D eigenvalue weighted by atomic mass is 32.1. The Morgan fingerprint density at radius 1 is 0.941 bits per heavy atom. The predicted molar refractivity (Wildman–Crippen MR) is 142 cm³/mol. The fraction of sp³-hybridized carbons (Fsp3) is 0.393. The smallest absolute Gasteiger partial charge is 0.253 e. The lowest BCUT2D eigenvalue weighted by molar-refractivity contribution is 0.0772. The SMILES string of the molecule is CCCN(CCCN1c2ccccc2Oc2cc(C(=O)N(CC)CC)ccc21)Cc1cccs1. The molecule has 6 heteroatoms. The largest absolute Gasteiger partial charge is 0.453 e. The van der Waals surface area contributed by atoms with Crippen molar-refractivity contribution in [3.8, 4) is 11.5 Å². The van der Waals surface area contributed by atoms with Gasteiger partial charge in [-0.15, -0.1) is 11.3 Å². The molecular formula is C28H35N3O2S. The summed E-state index contributed by atoms with van der Waals surface area (Å²) >= 11 is 1.83. The molecule has 1 amide bonds. The van der Waals surface area contributed by atoms with Crippen molar-refractivity contribution in [3.05, 3.63) is 70.4 Å². The molecule has 3 aromatic rings. The van der Waals surface area contributed by atoms with Gasteiger partial charge in [0, 0.05) is 43.2 Å². The molecule has 180 valence electrons. The van der Waals surface area contributed by atoms with Crippen LogP contribution >= 0.6 is 11.3 Å². The second-order valence-electron chi connectivity index (χ2n) is 8.59. The maximum atomic E-state index is 12.9. The molecule has 0 fully saturated rings. The van der Waals surface area contributed by atoms with Gasteiger partial charge in [-0.2, -0.15) is 0 Å². The summed E-state index contributed by atoms with van der Waals surface area (Å²) in [5.41, 5.74) is 2.78. The molecular weight excluding hydrogens is 442 g/mol. The molecule has 2 aromatic carbocycles. The van der Waals surface area contributed by atoms with Gasteiger partial charge in [0.1, 0.15) is 0 Å². The number of thiophene rings is 1. The summed E-state index contributed by atoms with van der Waals surface area (Å²) in [6.45, 7) is 11.7. The zero-order valence-electron chi connectivity index (χ0n) is 20.5. The van der Waals surface area contributed by atoms with Gasteiger partial charge in [0.25, 0.3) is 5.91 Å². The maximum absolute atomic E-state index is 12.9. The fourth-order valence-electron chi connectivity index (χ4n) is 4.56. The average molecular weight is 478 g/mol. The Hall–Kier alpha value is -2.83. The number of hydrogen-bond donors (Lipinski definition) is 0. The maximum Gasteiger partial charge on any atom is 0.253 e. The van der Waals surface area contributed by atoms with Crippen molar-refractivity contribution in [2.75, 3.05) is 37.6 Å². The van der Waals surface area contributed by atoms with Gasteiger partial charge in [-0.3, -0.25) is 9.69 Å². The molecule has 0 aliphatic carbocycles. The van der Waals surface area contributed by atoms with Crippen molar-refractivity contribution in [2.45, 2.75) is 40.2 Å². The summed E-state index contributed by atoms with van der Waals surface area (Å²) < 4.78 is 6.26. The molecule has 0 spiro atoms. The molecule has 34 heavy (non-hydrogen) atoms. The Balaban J connectivity index is 1.52. The number of para-hydroxylation sites is 2. The summed E-state index contributed by atoms with van der Waals surface area (Å²) in [6.07, 6.45) is 2.19. The van der Waals surface area contributed by atoms with Crippen LogP contribution in [0.3, 0.4) is 0 Å². The normalized spacial score (nSPS) is 12.3. The minimum absolute atomic E-state index is 0.0468. The van der Waals surface area contributed by atoms with E-state index in [1.165, 1.54) is 4.88 Å². The number of benzene rings is 2.